The van der Waals surface area contributed by atoms with Crippen molar-refractivity contribution in [2.45, 2.75) is 10.5 Å². The van der Waals surface area contributed by atoms with Crippen LogP contribution in [0.3, 0.4) is 0 Å². The molecule has 5 rings (SSSR count). The van der Waals surface area contributed by atoms with Crippen molar-refractivity contribution >= 4 is 16.1 Å². The number of esters is 1. The van der Waals surface area contributed by atoms with E-state index < -0.39 is 49.7 Å². The fraction of sp³-hybridized carbons (Fsp3) is 0.0500. The van der Waals surface area contributed by atoms with Crippen LogP contribution in [0.5, 0.6) is 23.0 Å². The van der Waals surface area contributed by atoms with Crippen molar-refractivity contribution in [3.05, 3.63) is 76.4 Å². The summed E-state index contributed by atoms with van der Waals surface area (Å²) >= 11 is 0. The molecule has 0 saturated heterocycles. The average Bonchev–Trinajstić information content (AvgIpc) is 2.98. The smallest absolute Gasteiger partial charge is 0.340 e. The normalized spacial score (nSPS) is 15.6. The Hall–Kier alpha value is -3.70. The first-order chi connectivity index (χ1) is 14.5. The molecule has 0 aromatic heterocycles. The maximum Gasteiger partial charge on any atom is 0.340 e. The molecule has 0 unspecified atom stereocenters. The number of hydrogen-bond donors (Lipinski definition) is 3. The molecular weight excluding hydrogens is 438 g/mol. The second kappa shape index (κ2) is 5.93. The number of fused-ring (bicyclic) bond motifs is 6. The number of benzene rings is 3. The lowest BCUT2D eigenvalue weighted by Gasteiger charge is -2.36. The van der Waals surface area contributed by atoms with Crippen molar-refractivity contribution in [3.8, 4) is 23.0 Å². The molecular formula is C20H10F2O8S. The van der Waals surface area contributed by atoms with Gasteiger partial charge in [-0.25, -0.2) is 13.6 Å². The molecule has 0 bridgehead atoms. The zero-order valence-electron chi connectivity index (χ0n) is 15.1. The number of ether oxygens (including phenoxy) is 2. The van der Waals surface area contributed by atoms with Crippen LogP contribution in [0, 0.1) is 11.6 Å². The average molecular weight is 448 g/mol. The lowest BCUT2D eigenvalue weighted by atomic mass is 9.77. The van der Waals surface area contributed by atoms with Gasteiger partial charge in [-0.05, 0) is 30.3 Å². The first-order valence-corrected chi connectivity index (χ1v) is 10.1. The van der Waals surface area contributed by atoms with Crippen molar-refractivity contribution in [1.29, 1.82) is 0 Å². The van der Waals surface area contributed by atoms with Crippen LogP contribution in [0.2, 0.25) is 0 Å². The van der Waals surface area contributed by atoms with Crippen LogP contribution >= 0.6 is 0 Å². The molecule has 3 aromatic rings. The van der Waals surface area contributed by atoms with Crippen LogP contribution in [0.25, 0.3) is 0 Å². The summed E-state index contributed by atoms with van der Waals surface area (Å²) in [6.45, 7) is 0. The zero-order chi connectivity index (χ0) is 22.3. The summed E-state index contributed by atoms with van der Waals surface area (Å²) < 4.78 is 72.6. The van der Waals surface area contributed by atoms with E-state index in [1.54, 1.807) is 0 Å². The molecule has 158 valence electrons. The summed E-state index contributed by atoms with van der Waals surface area (Å²) in [4.78, 5) is 12.1. The van der Waals surface area contributed by atoms with Crippen LogP contribution in [0.15, 0.2) is 47.4 Å². The molecule has 3 N–H and O–H groups in total. The van der Waals surface area contributed by atoms with Crippen molar-refractivity contribution < 1.29 is 46.2 Å². The van der Waals surface area contributed by atoms with E-state index in [9.17, 15) is 36.8 Å². The molecule has 3 aromatic carbocycles. The Labute approximate surface area is 172 Å². The number of phenols is 2. The molecule has 0 amide bonds. The summed E-state index contributed by atoms with van der Waals surface area (Å²) in [6, 6.07) is 6.43. The number of halogens is 2. The van der Waals surface area contributed by atoms with Gasteiger partial charge in [0.15, 0.2) is 28.7 Å². The molecule has 0 aliphatic carbocycles. The van der Waals surface area contributed by atoms with E-state index in [-0.39, 0.29) is 33.8 Å². The zero-order valence-corrected chi connectivity index (χ0v) is 15.9. The van der Waals surface area contributed by atoms with E-state index in [2.05, 4.69) is 0 Å². The number of carbonyl (C=O) groups is 1. The highest BCUT2D eigenvalue weighted by Gasteiger charge is 2.54. The molecule has 1 spiro atoms. The van der Waals surface area contributed by atoms with Gasteiger partial charge in [-0.3, -0.25) is 4.55 Å². The first kappa shape index (κ1) is 19.3. The number of phenolic OH excluding ortho intramolecular Hbond substituents is 2. The fourth-order valence-electron chi connectivity index (χ4n) is 3.87. The summed E-state index contributed by atoms with van der Waals surface area (Å²) in [5.41, 5.74) is -2.67. The Morgan fingerprint density at radius 2 is 1.39 bits per heavy atom. The first-order valence-electron chi connectivity index (χ1n) is 8.61. The summed E-state index contributed by atoms with van der Waals surface area (Å²) in [6.07, 6.45) is 0. The van der Waals surface area contributed by atoms with Gasteiger partial charge < -0.3 is 19.7 Å². The van der Waals surface area contributed by atoms with Gasteiger partial charge in [-0.2, -0.15) is 8.42 Å². The molecule has 11 heteroatoms. The number of carbonyl (C=O) groups excluding carboxylic acids is 1. The van der Waals surface area contributed by atoms with E-state index in [0.29, 0.717) is 0 Å². The van der Waals surface area contributed by atoms with Gasteiger partial charge in [0.1, 0.15) is 11.5 Å². The topological polar surface area (TPSA) is 130 Å². The molecule has 0 fully saturated rings. The van der Waals surface area contributed by atoms with Crippen LogP contribution in [0.1, 0.15) is 27.0 Å². The van der Waals surface area contributed by atoms with Crippen LogP contribution in [-0.4, -0.2) is 29.2 Å². The Kier molecular flexibility index (Phi) is 3.68. The van der Waals surface area contributed by atoms with Crippen molar-refractivity contribution in [2.75, 3.05) is 0 Å². The Morgan fingerprint density at radius 1 is 0.839 bits per heavy atom. The molecule has 2 aliphatic rings. The second-order valence-electron chi connectivity index (χ2n) is 6.95. The third-order valence-corrected chi connectivity index (χ3v) is 6.06. The Balaban J connectivity index is 1.94. The maximum absolute atomic E-state index is 14.3. The molecule has 31 heavy (non-hydrogen) atoms. The Morgan fingerprint density at radius 3 is 1.90 bits per heavy atom. The monoisotopic (exact) mass is 448 g/mol. The quantitative estimate of drug-likeness (QED) is 0.382. The van der Waals surface area contributed by atoms with Gasteiger partial charge in [0.25, 0.3) is 10.1 Å². The minimum atomic E-state index is -4.71. The van der Waals surface area contributed by atoms with Gasteiger partial charge >= 0.3 is 5.97 Å². The molecule has 2 aliphatic heterocycles. The van der Waals surface area contributed by atoms with Crippen LogP contribution in [-0.2, 0) is 20.5 Å². The fourth-order valence-corrected chi connectivity index (χ4v) is 4.38. The van der Waals surface area contributed by atoms with Crippen LogP contribution < -0.4 is 4.74 Å². The van der Waals surface area contributed by atoms with Gasteiger partial charge in [-0.15, -0.1) is 0 Å². The lowest BCUT2D eigenvalue weighted by Crippen LogP contribution is -2.33. The van der Waals surface area contributed by atoms with Gasteiger partial charge in [0.05, 0.1) is 21.6 Å². The van der Waals surface area contributed by atoms with E-state index in [0.717, 1.165) is 42.5 Å². The van der Waals surface area contributed by atoms with Crippen LogP contribution in [0.4, 0.5) is 8.78 Å². The van der Waals surface area contributed by atoms with E-state index in [1.807, 2.05) is 0 Å². The standard InChI is InChI=1S/C20H10F2O8S/c21-13-4-11-17(6-15(13)23)29-18-7-16(24)14(22)5-12(18)20(11)10-3-8(31(26,27)28)1-2-9(10)19(25)30-20/h1-7,23-24H,(H,26,27,28). The predicted octanol–water partition coefficient (Wildman–Crippen LogP) is 3.19. The number of rotatable bonds is 1. The van der Waals surface area contributed by atoms with Gasteiger partial charge in [0, 0.05) is 17.7 Å². The van der Waals surface area contributed by atoms with E-state index in [4.69, 9.17) is 9.47 Å². The highest BCUT2D eigenvalue weighted by Crippen LogP contribution is 2.57. The number of aromatic hydroxyl groups is 2. The minimum absolute atomic E-state index is 0.117. The van der Waals surface area contributed by atoms with Crippen molar-refractivity contribution in [1.82, 2.24) is 0 Å². The highest BCUT2D eigenvalue weighted by atomic mass is 32.2. The van der Waals surface area contributed by atoms with E-state index in [1.165, 1.54) is 0 Å². The summed E-state index contributed by atoms with van der Waals surface area (Å²) in [5, 5.41) is 19.5. The molecule has 0 saturated carbocycles. The van der Waals surface area contributed by atoms with Crippen molar-refractivity contribution in [3.63, 3.8) is 0 Å². The molecule has 2 heterocycles. The third kappa shape index (κ3) is 2.53. The predicted molar refractivity (Wildman–Crippen MR) is 97.8 cm³/mol. The summed E-state index contributed by atoms with van der Waals surface area (Å²) in [7, 11) is -4.71. The van der Waals surface area contributed by atoms with E-state index >= 15 is 0 Å². The molecule has 0 radical (unpaired) electrons. The molecule has 0 atom stereocenters. The summed E-state index contributed by atoms with van der Waals surface area (Å²) in [5.74, 6) is -5.11. The lowest BCUT2D eigenvalue weighted by molar-refractivity contribution is 0.0221. The van der Waals surface area contributed by atoms with Gasteiger partial charge in [-0.1, -0.05) is 0 Å². The highest BCUT2D eigenvalue weighted by molar-refractivity contribution is 7.85. The Bertz CT molecular complexity index is 1370. The number of hydrogen-bond acceptors (Lipinski definition) is 7. The maximum atomic E-state index is 14.3. The van der Waals surface area contributed by atoms with Crippen molar-refractivity contribution in [2.24, 2.45) is 0 Å². The minimum Gasteiger partial charge on any atom is -0.505 e. The molecule has 8 nitrogen and oxygen atoms in total. The third-order valence-electron chi connectivity index (χ3n) is 5.21. The largest absolute Gasteiger partial charge is 0.505 e. The van der Waals surface area contributed by atoms with Gasteiger partial charge in [0.2, 0.25) is 0 Å². The second-order valence-corrected chi connectivity index (χ2v) is 8.38. The SMILES string of the molecule is O=C1OC2(c3cc(F)c(O)cc3Oc3cc(O)c(F)cc32)c2cc(S(=O)(=O)O)ccc21.